The molecule has 0 saturated carbocycles. The van der Waals surface area contributed by atoms with E-state index in [4.69, 9.17) is 14.7 Å². The fraction of sp³-hybridized carbons (Fsp3) is 0.429. The van der Waals surface area contributed by atoms with Gasteiger partial charge >= 0.3 is 11.9 Å². The number of aromatic amines is 2. The van der Waals surface area contributed by atoms with Gasteiger partial charge in [0, 0.05) is 64.1 Å². The second kappa shape index (κ2) is 14.0. The lowest BCUT2D eigenvalue weighted by molar-refractivity contribution is -0.137. The molecule has 5 heterocycles. The average molecular weight is 631 g/mol. The van der Waals surface area contributed by atoms with Gasteiger partial charge in [-0.15, -0.1) is 0 Å². The monoisotopic (exact) mass is 630 g/mol. The molecule has 4 N–H and O–H groups in total. The summed E-state index contributed by atoms with van der Waals surface area (Å²) < 4.78 is 6.17. The molecular formula is C35H42N4O5S. The molecule has 2 atom stereocenters. The predicted molar refractivity (Wildman–Crippen MR) is 181 cm³/mol. The maximum absolute atomic E-state index is 12.3. The molecule has 0 spiro atoms. The van der Waals surface area contributed by atoms with Crippen molar-refractivity contribution in [1.29, 1.82) is 0 Å². The standard InChI is InChI=1S/C35H42N4O5S/c1-5-6-7-8-11-44-17-25-20(3)28-14-27-19(2)23(9-10-34(40)41)31(38-27)16-32-24(35(42)43)12-22(36-32)13-30-26(18-45)21(4)29(37-30)15-33(25)39-28/h12-16,19,23,36,39,45H,5-11,17-18H2,1-4H3,(H,40,41)(H,42,43)/t19-,23-/m0/s1. The van der Waals surface area contributed by atoms with E-state index < -0.39 is 11.9 Å². The van der Waals surface area contributed by atoms with Crippen molar-refractivity contribution in [1.82, 2.24) is 19.9 Å². The number of nitrogens with zero attached hydrogens (tertiary/aromatic N) is 2. The number of unbranched alkanes of at least 4 members (excludes halogenated alkanes) is 3. The summed E-state index contributed by atoms with van der Waals surface area (Å²) in [5, 5.41) is 19.5. The normalized spacial score (nSPS) is 16.4. The lowest BCUT2D eigenvalue weighted by Gasteiger charge is -2.14. The van der Waals surface area contributed by atoms with Crippen LogP contribution in [0.15, 0.2) is 30.3 Å². The van der Waals surface area contributed by atoms with Crippen LogP contribution in [0.4, 0.5) is 0 Å². The van der Waals surface area contributed by atoms with E-state index in [0.29, 0.717) is 42.1 Å². The number of rotatable bonds is 12. The van der Waals surface area contributed by atoms with Gasteiger partial charge in [-0.3, -0.25) is 9.78 Å². The first-order valence-electron chi connectivity index (χ1n) is 15.7. The van der Waals surface area contributed by atoms with E-state index in [1.165, 1.54) is 12.8 Å². The van der Waals surface area contributed by atoms with Gasteiger partial charge in [-0.1, -0.05) is 33.1 Å². The number of aromatic carboxylic acids is 1. The summed E-state index contributed by atoms with van der Waals surface area (Å²) in [5.74, 6) is -1.74. The van der Waals surface area contributed by atoms with Crippen LogP contribution in [0.1, 0.15) is 115 Å². The minimum absolute atomic E-state index is 0.0122. The second-order valence-electron chi connectivity index (χ2n) is 12.0. The Morgan fingerprint density at radius 3 is 2.42 bits per heavy atom. The van der Waals surface area contributed by atoms with Crippen LogP contribution in [-0.4, -0.2) is 54.4 Å². The zero-order valence-corrected chi connectivity index (χ0v) is 27.3. The Bertz CT molecular complexity index is 1800. The molecule has 10 heteroatoms. The Kier molecular flexibility index (Phi) is 10.1. The van der Waals surface area contributed by atoms with Gasteiger partial charge in [-0.05, 0) is 73.7 Å². The number of H-pyrrole nitrogens is 2. The number of aromatic nitrogens is 4. The van der Waals surface area contributed by atoms with E-state index in [1.807, 2.05) is 26.0 Å². The van der Waals surface area contributed by atoms with Crippen LogP contribution in [0.5, 0.6) is 0 Å². The van der Waals surface area contributed by atoms with E-state index in [9.17, 15) is 19.8 Å². The van der Waals surface area contributed by atoms with Crippen molar-refractivity contribution in [2.24, 2.45) is 0 Å². The maximum atomic E-state index is 12.3. The number of hydrogen-bond acceptors (Lipinski definition) is 6. The highest BCUT2D eigenvalue weighted by Gasteiger charge is 2.29. The number of nitrogens with one attached hydrogen (secondary N) is 2. The summed E-state index contributed by atoms with van der Waals surface area (Å²) in [7, 11) is 0. The van der Waals surface area contributed by atoms with Gasteiger partial charge in [0.15, 0.2) is 0 Å². The topological polar surface area (TPSA) is 141 Å². The fourth-order valence-electron chi connectivity index (χ4n) is 6.24. The number of allylic oxidation sites excluding steroid dienone is 1. The highest BCUT2D eigenvalue weighted by atomic mass is 32.1. The van der Waals surface area contributed by atoms with Crippen molar-refractivity contribution < 1.29 is 24.5 Å². The summed E-state index contributed by atoms with van der Waals surface area (Å²) in [4.78, 5) is 40.6. The van der Waals surface area contributed by atoms with Gasteiger partial charge in [0.25, 0.3) is 0 Å². The molecule has 8 bridgehead atoms. The molecule has 3 aromatic heterocycles. The lowest BCUT2D eigenvalue weighted by Crippen LogP contribution is -2.05. The van der Waals surface area contributed by atoms with Crippen LogP contribution < -0.4 is 0 Å². The van der Waals surface area contributed by atoms with Crippen molar-refractivity contribution in [2.75, 3.05) is 12.4 Å². The van der Waals surface area contributed by atoms with E-state index in [0.717, 1.165) is 63.2 Å². The Morgan fingerprint density at radius 1 is 0.933 bits per heavy atom. The minimum atomic E-state index is -1.07. The highest BCUT2D eigenvalue weighted by molar-refractivity contribution is 7.80. The number of thiol groups is 1. The van der Waals surface area contributed by atoms with Crippen LogP contribution in [0.3, 0.4) is 0 Å². The van der Waals surface area contributed by atoms with Crippen molar-refractivity contribution >= 4 is 57.8 Å². The highest BCUT2D eigenvalue weighted by Crippen LogP contribution is 2.40. The van der Waals surface area contributed by atoms with E-state index in [-0.39, 0.29) is 23.8 Å². The minimum Gasteiger partial charge on any atom is -0.481 e. The third-order valence-electron chi connectivity index (χ3n) is 9.02. The number of carboxylic acids is 2. The molecule has 9 nitrogen and oxygen atoms in total. The Hall–Kier alpha value is -3.89. The molecule has 0 fully saturated rings. The number of carbonyl (C=O) groups is 2. The third kappa shape index (κ3) is 7.02. The molecule has 45 heavy (non-hydrogen) atoms. The van der Waals surface area contributed by atoms with Gasteiger partial charge in [0.1, 0.15) is 0 Å². The summed E-state index contributed by atoms with van der Waals surface area (Å²) in [6.07, 6.45) is 4.92. The van der Waals surface area contributed by atoms with Gasteiger partial charge in [-0.2, -0.15) is 12.6 Å². The molecule has 238 valence electrons. The van der Waals surface area contributed by atoms with Crippen LogP contribution >= 0.6 is 12.6 Å². The molecule has 2 aliphatic rings. The molecule has 3 aromatic rings. The second-order valence-corrected chi connectivity index (χ2v) is 12.4. The van der Waals surface area contributed by atoms with Gasteiger partial charge < -0.3 is 24.9 Å². The number of carboxylic acid groups (broad SMARTS) is 2. The van der Waals surface area contributed by atoms with Crippen molar-refractivity contribution in [3.63, 3.8) is 0 Å². The molecule has 0 radical (unpaired) electrons. The summed E-state index contributed by atoms with van der Waals surface area (Å²) in [6, 6.07) is 9.28. The summed E-state index contributed by atoms with van der Waals surface area (Å²) in [6.45, 7) is 9.50. The van der Waals surface area contributed by atoms with Crippen LogP contribution in [-0.2, 0) is 16.1 Å². The van der Waals surface area contributed by atoms with Crippen molar-refractivity contribution in [3.05, 3.63) is 69.8 Å². The van der Waals surface area contributed by atoms with E-state index in [1.54, 1.807) is 12.1 Å². The van der Waals surface area contributed by atoms with Crippen LogP contribution in [0, 0.1) is 6.92 Å². The first-order chi connectivity index (χ1) is 21.6. The van der Waals surface area contributed by atoms with Crippen molar-refractivity contribution in [2.45, 2.75) is 84.7 Å². The first kappa shape index (κ1) is 32.5. The third-order valence-corrected chi connectivity index (χ3v) is 9.34. The molecule has 0 unspecified atom stereocenters. The quantitative estimate of drug-likeness (QED) is 0.101. The average Bonchev–Trinajstić information content (AvgIpc) is 3.69. The Morgan fingerprint density at radius 2 is 1.71 bits per heavy atom. The maximum Gasteiger partial charge on any atom is 0.337 e. The number of hydrogen-bond donors (Lipinski definition) is 5. The smallest absolute Gasteiger partial charge is 0.337 e. The molecule has 0 amide bonds. The van der Waals surface area contributed by atoms with Gasteiger partial charge in [-0.25, -0.2) is 9.78 Å². The van der Waals surface area contributed by atoms with E-state index >= 15 is 0 Å². The van der Waals surface area contributed by atoms with Crippen LogP contribution in [0.2, 0.25) is 0 Å². The number of aliphatic carboxylic acids is 1. The first-order valence-corrected chi connectivity index (χ1v) is 16.3. The largest absolute Gasteiger partial charge is 0.481 e. The zero-order valence-electron chi connectivity index (χ0n) is 26.4. The molecule has 5 rings (SSSR count). The molecule has 2 aliphatic heterocycles. The molecule has 0 aromatic carbocycles. The van der Waals surface area contributed by atoms with Gasteiger partial charge in [0.05, 0.1) is 29.1 Å². The number of aryl methyl sites for hydroxylation is 1. The molecule has 0 aliphatic carbocycles. The summed E-state index contributed by atoms with van der Waals surface area (Å²) >= 11 is 4.60. The number of ether oxygens (including phenoxy) is 1. The summed E-state index contributed by atoms with van der Waals surface area (Å²) in [5.41, 5.74) is 10.0. The molecule has 0 saturated heterocycles. The SMILES string of the molecule is CCCCCCOCc1c(C)c2cc3nc(cc4[nH]c(cc5nc(cc1[nH]2)C(C)=C5CS)cc4C(=O)O)[C@@H](CCC(=O)O)[C@@H]3C. The molecular weight excluding hydrogens is 588 g/mol. The van der Waals surface area contributed by atoms with E-state index in [2.05, 4.69) is 42.5 Å². The zero-order chi connectivity index (χ0) is 32.2. The Labute approximate surface area is 268 Å². The van der Waals surface area contributed by atoms with Gasteiger partial charge in [0.2, 0.25) is 0 Å². The Balaban J connectivity index is 1.77. The predicted octanol–water partition coefficient (Wildman–Crippen LogP) is 8.03. The van der Waals surface area contributed by atoms with Crippen LogP contribution in [0.25, 0.3) is 33.2 Å². The fourth-order valence-corrected chi connectivity index (χ4v) is 6.64. The van der Waals surface area contributed by atoms with Crippen molar-refractivity contribution in [3.8, 4) is 0 Å². The number of fused-ring (bicyclic) bond motifs is 8. The lowest BCUT2D eigenvalue weighted by atomic mass is 9.87.